The number of aliphatic carboxylic acids is 1. The molecule has 1 aromatic carbocycles. The molecule has 0 amide bonds. The highest BCUT2D eigenvalue weighted by Crippen LogP contribution is 2.36. The molecule has 2 aliphatic heterocycles. The van der Waals surface area contributed by atoms with E-state index < -0.39 is 17.8 Å². The minimum Gasteiger partial charge on any atom is -0.480 e. The predicted molar refractivity (Wildman–Crippen MR) is 75.5 cm³/mol. The van der Waals surface area contributed by atoms with Crippen LogP contribution in [-0.4, -0.2) is 35.7 Å². The molecule has 0 spiro atoms. The van der Waals surface area contributed by atoms with Gasteiger partial charge < -0.3 is 9.84 Å². The van der Waals surface area contributed by atoms with E-state index in [2.05, 4.69) is 0 Å². The first-order valence-electron chi connectivity index (χ1n) is 7.54. The number of ether oxygens (including phenoxy) is 1. The SMILES string of the molecule is O=C(O)C(c1cc(F)ccc1C1CCCO1)N1CCCC1. The molecule has 2 saturated heterocycles. The van der Waals surface area contributed by atoms with Crippen LogP contribution >= 0.6 is 0 Å². The summed E-state index contributed by atoms with van der Waals surface area (Å²) in [7, 11) is 0. The highest BCUT2D eigenvalue weighted by atomic mass is 19.1. The summed E-state index contributed by atoms with van der Waals surface area (Å²) in [6, 6.07) is 3.67. The Bertz CT molecular complexity index is 522. The van der Waals surface area contributed by atoms with E-state index in [-0.39, 0.29) is 6.10 Å². The number of benzene rings is 1. The van der Waals surface area contributed by atoms with Gasteiger partial charge in [0, 0.05) is 6.61 Å². The first-order chi connectivity index (χ1) is 10.2. The van der Waals surface area contributed by atoms with Crippen LogP contribution < -0.4 is 0 Å². The van der Waals surface area contributed by atoms with E-state index in [0.29, 0.717) is 12.2 Å². The van der Waals surface area contributed by atoms with E-state index in [1.54, 1.807) is 6.07 Å². The lowest BCUT2D eigenvalue weighted by Gasteiger charge is -2.27. The van der Waals surface area contributed by atoms with Gasteiger partial charge in [-0.05, 0) is 62.0 Å². The highest BCUT2D eigenvalue weighted by molar-refractivity contribution is 5.76. The van der Waals surface area contributed by atoms with Crippen molar-refractivity contribution < 1.29 is 19.0 Å². The molecule has 0 bridgehead atoms. The van der Waals surface area contributed by atoms with Gasteiger partial charge in [0.25, 0.3) is 0 Å². The van der Waals surface area contributed by atoms with Crippen molar-refractivity contribution in [2.24, 2.45) is 0 Å². The number of hydrogen-bond acceptors (Lipinski definition) is 3. The molecule has 5 heteroatoms. The smallest absolute Gasteiger partial charge is 0.325 e. The lowest BCUT2D eigenvalue weighted by molar-refractivity contribution is -0.143. The summed E-state index contributed by atoms with van der Waals surface area (Å²) in [5.74, 6) is -1.31. The second kappa shape index (κ2) is 6.12. The molecule has 2 heterocycles. The van der Waals surface area contributed by atoms with Crippen molar-refractivity contribution in [2.75, 3.05) is 19.7 Å². The van der Waals surface area contributed by atoms with Gasteiger partial charge in [-0.25, -0.2) is 4.39 Å². The fourth-order valence-corrected chi connectivity index (χ4v) is 3.38. The molecular formula is C16H20FNO3. The van der Waals surface area contributed by atoms with Crippen LogP contribution in [0, 0.1) is 5.82 Å². The van der Waals surface area contributed by atoms with Crippen LogP contribution in [0.5, 0.6) is 0 Å². The number of likely N-dealkylation sites (tertiary alicyclic amines) is 1. The van der Waals surface area contributed by atoms with Gasteiger partial charge in [-0.1, -0.05) is 6.07 Å². The van der Waals surface area contributed by atoms with Crippen LogP contribution in [-0.2, 0) is 9.53 Å². The lowest BCUT2D eigenvalue weighted by Crippen LogP contribution is -2.32. The molecule has 2 atom stereocenters. The molecule has 2 unspecified atom stereocenters. The van der Waals surface area contributed by atoms with Crippen molar-refractivity contribution in [3.63, 3.8) is 0 Å². The van der Waals surface area contributed by atoms with Crippen LogP contribution in [0.15, 0.2) is 18.2 Å². The molecule has 0 saturated carbocycles. The largest absolute Gasteiger partial charge is 0.480 e. The van der Waals surface area contributed by atoms with Crippen molar-refractivity contribution in [1.29, 1.82) is 0 Å². The van der Waals surface area contributed by atoms with Crippen LogP contribution in [0.2, 0.25) is 0 Å². The monoisotopic (exact) mass is 293 g/mol. The zero-order valence-corrected chi connectivity index (χ0v) is 11.9. The van der Waals surface area contributed by atoms with Gasteiger partial charge in [0.2, 0.25) is 0 Å². The molecule has 2 fully saturated rings. The Kier molecular flexibility index (Phi) is 4.22. The Hall–Kier alpha value is -1.46. The van der Waals surface area contributed by atoms with Crippen molar-refractivity contribution in [1.82, 2.24) is 4.90 Å². The molecule has 1 aromatic rings. The molecule has 0 radical (unpaired) electrons. The minimum atomic E-state index is -0.915. The zero-order valence-electron chi connectivity index (χ0n) is 11.9. The van der Waals surface area contributed by atoms with Crippen molar-refractivity contribution in [3.8, 4) is 0 Å². The van der Waals surface area contributed by atoms with Crippen molar-refractivity contribution in [2.45, 2.75) is 37.8 Å². The van der Waals surface area contributed by atoms with E-state index in [1.807, 2.05) is 4.90 Å². The van der Waals surface area contributed by atoms with Gasteiger partial charge in [-0.2, -0.15) is 0 Å². The Morgan fingerprint density at radius 2 is 2.10 bits per heavy atom. The molecule has 3 rings (SSSR count). The van der Waals surface area contributed by atoms with Crippen molar-refractivity contribution in [3.05, 3.63) is 35.1 Å². The molecular weight excluding hydrogens is 273 g/mol. The van der Waals surface area contributed by atoms with Gasteiger partial charge >= 0.3 is 5.97 Å². The molecule has 0 aromatic heterocycles. The summed E-state index contributed by atoms with van der Waals surface area (Å²) in [4.78, 5) is 13.7. The van der Waals surface area contributed by atoms with Gasteiger partial charge in [0.05, 0.1) is 6.10 Å². The maximum Gasteiger partial charge on any atom is 0.325 e. The summed E-state index contributed by atoms with van der Waals surface area (Å²) >= 11 is 0. The van der Waals surface area contributed by atoms with E-state index in [1.165, 1.54) is 12.1 Å². The maximum atomic E-state index is 13.7. The molecule has 21 heavy (non-hydrogen) atoms. The average molecular weight is 293 g/mol. The first-order valence-corrected chi connectivity index (χ1v) is 7.54. The molecule has 114 valence electrons. The predicted octanol–water partition coefficient (Wildman–Crippen LogP) is 2.90. The zero-order chi connectivity index (χ0) is 14.8. The Morgan fingerprint density at radius 3 is 2.71 bits per heavy atom. The fourth-order valence-electron chi connectivity index (χ4n) is 3.38. The number of nitrogens with zero attached hydrogens (tertiary/aromatic N) is 1. The third-order valence-corrected chi connectivity index (χ3v) is 4.36. The second-order valence-corrected chi connectivity index (χ2v) is 5.76. The Labute approximate surface area is 123 Å². The van der Waals surface area contributed by atoms with Gasteiger partial charge in [0.15, 0.2) is 0 Å². The van der Waals surface area contributed by atoms with Crippen molar-refractivity contribution >= 4 is 5.97 Å². The fraction of sp³-hybridized carbons (Fsp3) is 0.562. The number of carboxylic acid groups (broad SMARTS) is 1. The number of carboxylic acids is 1. The third kappa shape index (κ3) is 2.94. The molecule has 2 aliphatic rings. The quantitative estimate of drug-likeness (QED) is 0.927. The molecule has 0 aliphatic carbocycles. The highest BCUT2D eigenvalue weighted by Gasteiger charge is 2.33. The maximum absolute atomic E-state index is 13.7. The third-order valence-electron chi connectivity index (χ3n) is 4.36. The molecule has 1 N–H and O–H groups in total. The van der Waals surface area contributed by atoms with Gasteiger partial charge in [-0.3, -0.25) is 9.69 Å². The lowest BCUT2D eigenvalue weighted by atomic mass is 9.94. The van der Waals surface area contributed by atoms with E-state index in [9.17, 15) is 14.3 Å². The summed E-state index contributed by atoms with van der Waals surface area (Å²) in [5, 5.41) is 9.64. The topological polar surface area (TPSA) is 49.8 Å². The van der Waals surface area contributed by atoms with E-state index >= 15 is 0 Å². The van der Waals surface area contributed by atoms with Crippen LogP contribution in [0.25, 0.3) is 0 Å². The average Bonchev–Trinajstić information content (AvgIpc) is 3.11. The summed E-state index contributed by atoms with van der Waals surface area (Å²) in [6.45, 7) is 2.18. The van der Waals surface area contributed by atoms with Gasteiger partial charge in [0.1, 0.15) is 11.9 Å². The summed E-state index contributed by atoms with van der Waals surface area (Å²) in [6.07, 6.45) is 3.71. The minimum absolute atomic E-state index is 0.106. The van der Waals surface area contributed by atoms with Crippen LogP contribution in [0.1, 0.15) is 49.0 Å². The summed E-state index contributed by atoms with van der Waals surface area (Å²) in [5.41, 5.74) is 1.38. The van der Waals surface area contributed by atoms with Crippen LogP contribution in [0.4, 0.5) is 4.39 Å². The van der Waals surface area contributed by atoms with E-state index in [4.69, 9.17) is 4.74 Å². The summed E-state index contributed by atoms with van der Waals surface area (Å²) < 4.78 is 19.4. The standard InChI is InChI=1S/C16H20FNO3/c17-11-5-6-12(14-4-3-9-21-14)13(10-11)15(16(19)20)18-7-1-2-8-18/h5-6,10,14-15H,1-4,7-9H2,(H,19,20). The normalized spacial score (nSPS) is 24.3. The Balaban J connectivity index is 2.00. The number of hydrogen-bond donors (Lipinski definition) is 1. The number of carbonyl (C=O) groups is 1. The Morgan fingerprint density at radius 1 is 1.33 bits per heavy atom. The van der Waals surface area contributed by atoms with Gasteiger partial charge in [-0.15, -0.1) is 0 Å². The number of rotatable bonds is 4. The number of halogens is 1. The second-order valence-electron chi connectivity index (χ2n) is 5.76. The van der Waals surface area contributed by atoms with Crippen LogP contribution in [0.3, 0.4) is 0 Å². The first kappa shape index (κ1) is 14.5. The van der Waals surface area contributed by atoms with E-state index in [0.717, 1.165) is 44.3 Å². The molecule has 4 nitrogen and oxygen atoms in total.